The first-order valence-electron chi connectivity index (χ1n) is 6.16. The lowest BCUT2D eigenvalue weighted by molar-refractivity contribution is 0.128. The Labute approximate surface area is 94.3 Å². The van der Waals surface area contributed by atoms with E-state index in [0.29, 0.717) is 5.92 Å². The van der Waals surface area contributed by atoms with Gasteiger partial charge in [-0.25, -0.2) is 0 Å². The molecular weight excluding hydrogens is 186 g/mol. The summed E-state index contributed by atoms with van der Waals surface area (Å²) >= 11 is 0. The number of nitrogens with zero attached hydrogens (tertiary/aromatic N) is 1. The SMILES string of the molecule is CC.CC(C)C1=CCN(C)C12CCOC2. The molecule has 0 aromatic heterocycles. The van der Waals surface area contributed by atoms with E-state index in [0.717, 1.165) is 19.8 Å². The number of rotatable bonds is 1. The van der Waals surface area contributed by atoms with Gasteiger partial charge in [-0.2, -0.15) is 0 Å². The van der Waals surface area contributed by atoms with E-state index in [2.05, 4.69) is 31.9 Å². The largest absolute Gasteiger partial charge is 0.379 e. The summed E-state index contributed by atoms with van der Waals surface area (Å²) in [5, 5.41) is 0. The van der Waals surface area contributed by atoms with Crippen LogP contribution in [-0.4, -0.2) is 37.2 Å². The first-order chi connectivity index (χ1) is 7.17. The van der Waals surface area contributed by atoms with Crippen LogP contribution in [0.5, 0.6) is 0 Å². The van der Waals surface area contributed by atoms with Gasteiger partial charge in [0.2, 0.25) is 0 Å². The van der Waals surface area contributed by atoms with Crippen LogP contribution in [0.25, 0.3) is 0 Å². The highest BCUT2D eigenvalue weighted by Crippen LogP contribution is 2.40. The standard InChI is InChI=1S/C11H19NO.C2H6/c1-9(2)10-4-6-12(3)11(10)5-7-13-8-11;1-2/h4,9H,5-8H2,1-3H3;1-2H3. The fraction of sp³-hybridized carbons (Fsp3) is 0.846. The van der Waals surface area contributed by atoms with Gasteiger partial charge in [0.15, 0.2) is 0 Å². The predicted molar refractivity (Wildman–Crippen MR) is 65.1 cm³/mol. The molecule has 2 heterocycles. The van der Waals surface area contributed by atoms with Gasteiger partial charge >= 0.3 is 0 Å². The van der Waals surface area contributed by atoms with Crippen molar-refractivity contribution in [3.05, 3.63) is 11.6 Å². The van der Waals surface area contributed by atoms with Crippen molar-refractivity contribution in [1.82, 2.24) is 4.90 Å². The van der Waals surface area contributed by atoms with Gasteiger partial charge in [-0.1, -0.05) is 33.8 Å². The lowest BCUT2D eigenvalue weighted by Crippen LogP contribution is -2.45. The predicted octanol–water partition coefficient (Wildman–Crippen LogP) is 2.70. The Hall–Kier alpha value is -0.340. The molecule has 0 saturated carbocycles. The van der Waals surface area contributed by atoms with Crippen molar-refractivity contribution in [2.75, 3.05) is 26.8 Å². The first kappa shape index (κ1) is 12.7. The second kappa shape index (κ2) is 5.13. The van der Waals surface area contributed by atoms with Gasteiger partial charge in [-0.3, -0.25) is 4.90 Å². The molecule has 0 aliphatic carbocycles. The molecule has 1 fully saturated rings. The van der Waals surface area contributed by atoms with Crippen LogP contribution in [0, 0.1) is 5.92 Å². The van der Waals surface area contributed by atoms with E-state index in [9.17, 15) is 0 Å². The Kier molecular flexibility index (Phi) is 4.35. The molecule has 88 valence electrons. The van der Waals surface area contributed by atoms with Crippen LogP contribution in [0.1, 0.15) is 34.1 Å². The Morgan fingerprint density at radius 2 is 2.07 bits per heavy atom. The molecule has 1 saturated heterocycles. The highest BCUT2D eigenvalue weighted by Gasteiger charge is 2.45. The third kappa shape index (κ3) is 2.11. The Bertz CT molecular complexity index is 227. The summed E-state index contributed by atoms with van der Waals surface area (Å²) in [5.41, 5.74) is 1.85. The Morgan fingerprint density at radius 3 is 2.53 bits per heavy atom. The zero-order chi connectivity index (χ0) is 11.5. The smallest absolute Gasteiger partial charge is 0.0690 e. The van der Waals surface area contributed by atoms with E-state index in [1.54, 1.807) is 5.57 Å². The summed E-state index contributed by atoms with van der Waals surface area (Å²) in [7, 11) is 2.21. The minimum Gasteiger partial charge on any atom is -0.379 e. The van der Waals surface area contributed by atoms with Crippen molar-refractivity contribution in [1.29, 1.82) is 0 Å². The number of hydrogen-bond acceptors (Lipinski definition) is 2. The lowest BCUT2D eigenvalue weighted by Gasteiger charge is -2.35. The molecule has 2 nitrogen and oxygen atoms in total. The average molecular weight is 211 g/mol. The Morgan fingerprint density at radius 1 is 1.40 bits per heavy atom. The van der Waals surface area contributed by atoms with Gasteiger partial charge in [0, 0.05) is 13.2 Å². The second-order valence-electron chi connectivity index (χ2n) is 4.53. The van der Waals surface area contributed by atoms with E-state index < -0.39 is 0 Å². The van der Waals surface area contributed by atoms with Crippen LogP contribution >= 0.6 is 0 Å². The molecule has 0 amide bonds. The summed E-state index contributed by atoms with van der Waals surface area (Å²) < 4.78 is 5.55. The van der Waals surface area contributed by atoms with Crippen LogP contribution in [0.2, 0.25) is 0 Å². The number of hydrogen-bond donors (Lipinski definition) is 0. The van der Waals surface area contributed by atoms with Crippen LogP contribution in [-0.2, 0) is 4.74 Å². The lowest BCUT2D eigenvalue weighted by atomic mass is 9.83. The molecule has 0 aromatic carbocycles. The van der Waals surface area contributed by atoms with Gasteiger partial charge in [0.25, 0.3) is 0 Å². The molecule has 2 aliphatic heterocycles. The zero-order valence-corrected chi connectivity index (χ0v) is 10.8. The maximum atomic E-state index is 5.55. The highest BCUT2D eigenvalue weighted by atomic mass is 16.5. The molecule has 0 radical (unpaired) electrons. The van der Waals surface area contributed by atoms with Crippen LogP contribution in [0.15, 0.2) is 11.6 Å². The van der Waals surface area contributed by atoms with E-state index in [4.69, 9.17) is 4.74 Å². The minimum absolute atomic E-state index is 0.258. The van der Waals surface area contributed by atoms with Crippen molar-refractivity contribution in [3.63, 3.8) is 0 Å². The van der Waals surface area contributed by atoms with E-state index >= 15 is 0 Å². The van der Waals surface area contributed by atoms with Gasteiger partial charge in [0.05, 0.1) is 12.1 Å². The zero-order valence-electron chi connectivity index (χ0n) is 10.8. The average Bonchev–Trinajstić information content (AvgIpc) is 2.81. The number of likely N-dealkylation sites (N-methyl/N-ethyl adjacent to an activating group) is 1. The van der Waals surface area contributed by atoms with Crippen molar-refractivity contribution in [2.24, 2.45) is 5.92 Å². The molecule has 2 rings (SSSR count). The quantitative estimate of drug-likeness (QED) is 0.618. The Balaban J connectivity index is 0.000000531. The molecule has 1 spiro atoms. The van der Waals surface area contributed by atoms with Gasteiger partial charge in [-0.15, -0.1) is 0 Å². The normalized spacial score (nSPS) is 30.7. The summed E-state index contributed by atoms with van der Waals surface area (Å²) in [6.07, 6.45) is 3.56. The van der Waals surface area contributed by atoms with Gasteiger partial charge < -0.3 is 4.74 Å². The van der Waals surface area contributed by atoms with Crippen LogP contribution < -0.4 is 0 Å². The molecule has 2 aliphatic rings. The molecular formula is C13H25NO. The summed E-state index contributed by atoms with van der Waals surface area (Å²) in [4.78, 5) is 2.44. The molecule has 0 N–H and O–H groups in total. The fourth-order valence-electron chi connectivity index (χ4n) is 2.68. The highest BCUT2D eigenvalue weighted by molar-refractivity contribution is 5.29. The maximum Gasteiger partial charge on any atom is 0.0690 e. The molecule has 15 heavy (non-hydrogen) atoms. The maximum absolute atomic E-state index is 5.55. The summed E-state index contributed by atoms with van der Waals surface area (Å²) in [5.74, 6) is 0.659. The molecule has 0 bridgehead atoms. The third-order valence-electron chi connectivity index (χ3n) is 3.48. The topological polar surface area (TPSA) is 12.5 Å². The molecule has 0 aromatic rings. The number of ether oxygens (including phenoxy) is 1. The molecule has 1 atom stereocenters. The van der Waals surface area contributed by atoms with Crippen LogP contribution in [0.4, 0.5) is 0 Å². The summed E-state index contributed by atoms with van der Waals surface area (Å²) in [6, 6.07) is 0. The van der Waals surface area contributed by atoms with Gasteiger partial charge in [-0.05, 0) is 25.0 Å². The van der Waals surface area contributed by atoms with E-state index in [1.807, 2.05) is 13.8 Å². The van der Waals surface area contributed by atoms with Crippen molar-refractivity contribution in [2.45, 2.75) is 39.7 Å². The third-order valence-corrected chi connectivity index (χ3v) is 3.48. The van der Waals surface area contributed by atoms with E-state index in [-0.39, 0.29) is 5.54 Å². The monoisotopic (exact) mass is 211 g/mol. The van der Waals surface area contributed by atoms with Crippen molar-refractivity contribution >= 4 is 0 Å². The fourth-order valence-corrected chi connectivity index (χ4v) is 2.68. The van der Waals surface area contributed by atoms with Crippen molar-refractivity contribution in [3.8, 4) is 0 Å². The minimum atomic E-state index is 0.258. The first-order valence-corrected chi connectivity index (χ1v) is 6.16. The van der Waals surface area contributed by atoms with Gasteiger partial charge in [0.1, 0.15) is 0 Å². The van der Waals surface area contributed by atoms with Crippen LogP contribution in [0.3, 0.4) is 0 Å². The molecule has 2 heteroatoms. The van der Waals surface area contributed by atoms with E-state index in [1.165, 1.54) is 6.42 Å². The molecule has 1 unspecified atom stereocenters. The second-order valence-corrected chi connectivity index (χ2v) is 4.53. The summed E-state index contributed by atoms with van der Waals surface area (Å²) in [6.45, 7) is 11.5. The van der Waals surface area contributed by atoms with Crippen molar-refractivity contribution < 1.29 is 4.74 Å².